The largest absolute Gasteiger partial charge is 0.481 e. The Bertz CT molecular complexity index is 510. The van der Waals surface area contributed by atoms with Gasteiger partial charge in [0.15, 0.2) is 0 Å². The summed E-state index contributed by atoms with van der Waals surface area (Å²) in [6.45, 7) is 3.37. The van der Waals surface area contributed by atoms with Crippen molar-refractivity contribution in [2.45, 2.75) is 32.3 Å². The standard InChI is InChI=1S/C15H20N2O4/c1-11-10-12(2-6-16-11)15(20)17-7-3-13(4-8-17)21-9-5-14(18)19/h2,6,10,13H,3-5,7-9H2,1H3,(H,18,19). The zero-order valence-corrected chi connectivity index (χ0v) is 12.1. The lowest BCUT2D eigenvalue weighted by Crippen LogP contribution is -2.41. The van der Waals surface area contributed by atoms with Crippen molar-refractivity contribution in [2.24, 2.45) is 0 Å². The molecule has 1 aliphatic rings. The Kier molecular flexibility index (Phi) is 5.27. The van der Waals surface area contributed by atoms with Crippen LogP contribution in [-0.2, 0) is 9.53 Å². The Balaban J connectivity index is 1.81. The highest BCUT2D eigenvalue weighted by molar-refractivity contribution is 5.94. The molecule has 0 spiro atoms. The maximum absolute atomic E-state index is 12.3. The van der Waals surface area contributed by atoms with Crippen molar-refractivity contribution in [3.05, 3.63) is 29.6 Å². The molecule has 1 amide bonds. The van der Waals surface area contributed by atoms with Crippen LogP contribution in [0, 0.1) is 6.92 Å². The normalized spacial score (nSPS) is 16.0. The van der Waals surface area contributed by atoms with Crippen molar-refractivity contribution in [2.75, 3.05) is 19.7 Å². The minimum atomic E-state index is -0.851. The van der Waals surface area contributed by atoms with Gasteiger partial charge in [0.1, 0.15) is 0 Å². The average Bonchev–Trinajstić information content (AvgIpc) is 2.47. The quantitative estimate of drug-likeness (QED) is 0.889. The van der Waals surface area contributed by atoms with Crippen LogP contribution < -0.4 is 0 Å². The first-order chi connectivity index (χ1) is 10.1. The zero-order chi connectivity index (χ0) is 15.2. The van der Waals surface area contributed by atoms with Gasteiger partial charge in [-0.25, -0.2) is 0 Å². The summed E-state index contributed by atoms with van der Waals surface area (Å²) in [5.41, 5.74) is 1.49. The molecular formula is C15H20N2O4. The summed E-state index contributed by atoms with van der Waals surface area (Å²) < 4.78 is 5.52. The number of aryl methyl sites for hydroxylation is 1. The van der Waals surface area contributed by atoms with E-state index in [1.54, 1.807) is 18.3 Å². The predicted octanol–water partition coefficient (Wildman–Crippen LogP) is 1.49. The van der Waals surface area contributed by atoms with Crippen LogP contribution in [0.2, 0.25) is 0 Å². The van der Waals surface area contributed by atoms with Gasteiger partial charge in [-0.1, -0.05) is 0 Å². The number of carbonyl (C=O) groups excluding carboxylic acids is 1. The van der Waals surface area contributed by atoms with Crippen LogP contribution in [0.3, 0.4) is 0 Å². The first kappa shape index (κ1) is 15.4. The van der Waals surface area contributed by atoms with Crippen molar-refractivity contribution in [3.63, 3.8) is 0 Å². The van der Waals surface area contributed by atoms with E-state index >= 15 is 0 Å². The van der Waals surface area contributed by atoms with Crippen molar-refractivity contribution < 1.29 is 19.4 Å². The number of carboxylic acids is 1. The number of likely N-dealkylation sites (tertiary alicyclic amines) is 1. The van der Waals surface area contributed by atoms with E-state index in [0.29, 0.717) is 18.7 Å². The number of piperidine rings is 1. The van der Waals surface area contributed by atoms with E-state index in [4.69, 9.17) is 9.84 Å². The maximum Gasteiger partial charge on any atom is 0.305 e. The number of aliphatic carboxylic acids is 1. The lowest BCUT2D eigenvalue weighted by molar-refractivity contribution is -0.138. The molecule has 0 atom stereocenters. The van der Waals surface area contributed by atoms with Gasteiger partial charge in [0.05, 0.1) is 19.1 Å². The van der Waals surface area contributed by atoms with E-state index in [2.05, 4.69) is 4.98 Å². The Hall–Kier alpha value is -1.95. The molecule has 6 heteroatoms. The third kappa shape index (κ3) is 4.53. The minimum Gasteiger partial charge on any atom is -0.481 e. The highest BCUT2D eigenvalue weighted by Crippen LogP contribution is 2.16. The van der Waals surface area contributed by atoms with Crippen LogP contribution in [0.25, 0.3) is 0 Å². The number of hydrogen-bond donors (Lipinski definition) is 1. The first-order valence-corrected chi connectivity index (χ1v) is 7.11. The van der Waals surface area contributed by atoms with Crippen LogP contribution in [-0.4, -0.2) is 52.7 Å². The van der Waals surface area contributed by atoms with Gasteiger partial charge >= 0.3 is 5.97 Å². The van der Waals surface area contributed by atoms with Crippen molar-refractivity contribution in [3.8, 4) is 0 Å². The summed E-state index contributed by atoms with van der Waals surface area (Å²) in [5.74, 6) is -0.833. The fourth-order valence-electron chi connectivity index (χ4n) is 2.40. The van der Waals surface area contributed by atoms with E-state index in [1.807, 2.05) is 11.8 Å². The fraction of sp³-hybridized carbons (Fsp3) is 0.533. The molecule has 2 heterocycles. The second kappa shape index (κ2) is 7.17. The summed E-state index contributed by atoms with van der Waals surface area (Å²) in [4.78, 5) is 28.7. The number of aromatic nitrogens is 1. The molecule has 6 nitrogen and oxygen atoms in total. The van der Waals surface area contributed by atoms with Gasteiger partial charge in [-0.05, 0) is 31.9 Å². The van der Waals surface area contributed by atoms with Crippen LogP contribution in [0.1, 0.15) is 35.3 Å². The lowest BCUT2D eigenvalue weighted by Gasteiger charge is -2.32. The van der Waals surface area contributed by atoms with Crippen molar-refractivity contribution >= 4 is 11.9 Å². The molecule has 2 rings (SSSR count). The molecule has 1 aromatic rings. The SMILES string of the molecule is Cc1cc(C(=O)N2CCC(OCCC(=O)O)CC2)ccn1. The third-order valence-electron chi connectivity index (χ3n) is 3.54. The van der Waals surface area contributed by atoms with Gasteiger partial charge in [0, 0.05) is 30.5 Å². The highest BCUT2D eigenvalue weighted by atomic mass is 16.5. The molecule has 0 saturated carbocycles. The predicted molar refractivity (Wildman–Crippen MR) is 76.1 cm³/mol. The summed E-state index contributed by atoms with van der Waals surface area (Å²) in [7, 11) is 0. The summed E-state index contributed by atoms with van der Waals surface area (Å²) in [6, 6.07) is 3.52. The van der Waals surface area contributed by atoms with Crippen LogP contribution in [0.5, 0.6) is 0 Å². The zero-order valence-electron chi connectivity index (χ0n) is 12.1. The molecule has 1 fully saturated rings. The van der Waals surface area contributed by atoms with E-state index in [-0.39, 0.29) is 25.0 Å². The van der Waals surface area contributed by atoms with Crippen LogP contribution in [0.15, 0.2) is 18.3 Å². The number of pyridine rings is 1. The molecule has 0 unspecified atom stereocenters. The molecule has 21 heavy (non-hydrogen) atoms. The van der Waals surface area contributed by atoms with Crippen LogP contribution >= 0.6 is 0 Å². The number of carboxylic acid groups (broad SMARTS) is 1. The number of carbonyl (C=O) groups is 2. The Morgan fingerprint density at radius 3 is 2.76 bits per heavy atom. The number of ether oxygens (including phenoxy) is 1. The van der Waals surface area contributed by atoms with Gasteiger partial charge in [0.2, 0.25) is 0 Å². The van der Waals surface area contributed by atoms with Crippen molar-refractivity contribution in [1.29, 1.82) is 0 Å². The van der Waals surface area contributed by atoms with E-state index in [1.165, 1.54) is 0 Å². The molecule has 0 aliphatic carbocycles. The fourth-order valence-corrected chi connectivity index (χ4v) is 2.40. The molecule has 1 aliphatic heterocycles. The van der Waals surface area contributed by atoms with Crippen molar-refractivity contribution in [1.82, 2.24) is 9.88 Å². The summed E-state index contributed by atoms with van der Waals surface area (Å²) in [6.07, 6.45) is 3.21. The molecule has 1 saturated heterocycles. The maximum atomic E-state index is 12.3. The van der Waals surface area contributed by atoms with E-state index in [0.717, 1.165) is 18.5 Å². The molecule has 1 N–H and O–H groups in total. The molecule has 0 bridgehead atoms. The molecule has 0 radical (unpaired) electrons. The van der Waals surface area contributed by atoms with Crippen LogP contribution in [0.4, 0.5) is 0 Å². The smallest absolute Gasteiger partial charge is 0.305 e. The molecule has 0 aromatic carbocycles. The van der Waals surface area contributed by atoms with Gasteiger partial charge in [-0.2, -0.15) is 0 Å². The second-order valence-corrected chi connectivity index (χ2v) is 5.19. The minimum absolute atomic E-state index is 0.0180. The number of rotatable bonds is 5. The van der Waals surface area contributed by atoms with E-state index in [9.17, 15) is 9.59 Å². The second-order valence-electron chi connectivity index (χ2n) is 5.19. The van der Waals surface area contributed by atoms with E-state index < -0.39 is 5.97 Å². The Labute approximate surface area is 123 Å². The number of nitrogens with zero attached hydrogens (tertiary/aromatic N) is 2. The lowest BCUT2D eigenvalue weighted by atomic mass is 10.1. The number of amides is 1. The first-order valence-electron chi connectivity index (χ1n) is 7.11. The highest BCUT2D eigenvalue weighted by Gasteiger charge is 2.24. The summed E-state index contributed by atoms with van der Waals surface area (Å²) in [5, 5.41) is 8.57. The monoisotopic (exact) mass is 292 g/mol. The molecule has 114 valence electrons. The van der Waals surface area contributed by atoms with Gasteiger partial charge in [-0.15, -0.1) is 0 Å². The third-order valence-corrected chi connectivity index (χ3v) is 3.54. The van der Waals surface area contributed by atoms with Gasteiger partial charge < -0.3 is 14.7 Å². The summed E-state index contributed by atoms with van der Waals surface area (Å²) >= 11 is 0. The topological polar surface area (TPSA) is 79.7 Å². The Morgan fingerprint density at radius 2 is 2.14 bits per heavy atom. The Morgan fingerprint density at radius 1 is 1.43 bits per heavy atom. The van der Waals surface area contributed by atoms with Gasteiger partial charge in [0.25, 0.3) is 5.91 Å². The average molecular weight is 292 g/mol. The molecular weight excluding hydrogens is 272 g/mol. The molecule has 1 aromatic heterocycles. The van der Waals surface area contributed by atoms with Gasteiger partial charge in [-0.3, -0.25) is 14.6 Å². The number of hydrogen-bond acceptors (Lipinski definition) is 4.